The van der Waals surface area contributed by atoms with Gasteiger partial charge < -0.3 is 0 Å². The minimum atomic E-state index is 0.693. The molecule has 0 radical (unpaired) electrons. The Morgan fingerprint density at radius 2 is 2.00 bits per heavy atom. The lowest BCUT2D eigenvalue weighted by Crippen LogP contribution is -2.11. The van der Waals surface area contributed by atoms with E-state index < -0.39 is 0 Å². The van der Waals surface area contributed by atoms with Gasteiger partial charge in [-0.3, -0.25) is 0 Å². The molecule has 1 saturated carbocycles. The van der Waals surface area contributed by atoms with Crippen molar-refractivity contribution in [3.63, 3.8) is 0 Å². The summed E-state index contributed by atoms with van der Waals surface area (Å²) in [4.78, 5) is 0. The molecule has 0 amide bonds. The first-order chi connectivity index (χ1) is 5.83. The molecular formula is C10H19ClS. The molecule has 1 atom stereocenters. The molecule has 0 bridgehead atoms. The molecule has 0 aromatic rings. The quantitative estimate of drug-likeness (QED) is 0.629. The van der Waals surface area contributed by atoms with Gasteiger partial charge >= 0.3 is 0 Å². The Bertz CT molecular complexity index is 110. The van der Waals surface area contributed by atoms with Gasteiger partial charge in [-0.15, -0.1) is 11.6 Å². The topological polar surface area (TPSA) is 0 Å². The van der Waals surface area contributed by atoms with Gasteiger partial charge in [-0.25, -0.2) is 0 Å². The molecule has 72 valence electrons. The van der Waals surface area contributed by atoms with Gasteiger partial charge in [0.1, 0.15) is 0 Å². The van der Waals surface area contributed by atoms with Crippen molar-refractivity contribution in [1.29, 1.82) is 0 Å². The molecule has 0 nitrogen and oxygen atoms in total. The van der Waals surface area contributed by atoms with E-state index in [4.69, 9.17) is 11.6 Å². The fourth-order valence-corrected chi connectivity index (χ4v) is 3.20. The van der Waals surface area contributed by atoms with Crippen LogP contribution >= 0.6 is 23.4 Å². The summed E-state index contributed by atoms with van der Waals surface area (Å²) >= 11 is 7.90. The average Bonchev–Trinajstić information content (AvgIpc) is 2.16. The average molecular weight is 207 g/mol. The van der Waals surface area contributed by atoms with Crippen LogP contribution in [0.5, 0.6) is 0 Å². The van der Waals surface area contributed by atoms with Crippen molar-refractivity contribution in [2.45, 2.75) is 44.3 Å². The highest BCUT2D eigenvalue weighted by molar-refractivity contribution is 7.99. The summed E-state index contributed by atoms with van der Waals surface area (Å²) in [6.45, 7) is 2.24. The third-order valence-corrected chi connectivity index (χ3v) is 4.66. The zero-order valence-corrected chi connectivity index (χ0v) is 9.46. The Labute approximate surface area is 85.4 Å². The van der Waals surface area contributed by atoms with Gasteiger partial charge in [-0.2, -0.15) is 11.8 Å². The van der Waals surface area contributed by atoms with Crippen molar-refractivity contribution in [2.75, 3.05) is 11.6 Å². The van der Waals surface area contributed by atoms with Crippen LogP contribution in [0.25, 0.3) is 0 Å². The van der Waals surface area contributed by atoms with Gasteiger partial charge in [0.05, 0.1) is 0 Å². The standard InChI is InChI=1S/C10H19ClS/c1-9(7-11)8-12-10-5-3-2-4-6-10/h9-10H,2-8H2,1H3. The van der Waals surface area contributed by atoms with Crippen LogP contribution in [0.3, 0.4) is 0 Å². The minimum absolute atomic E-state index is 0.693. The highest BCUT2D eigenvalue weighted by Crippen LogP contribution is 2.29. The van der Waals surface area contributed by atoms with Crippen molar-refractivity contribution in [1.82, 2.24) is 0 Å². The predicted octanol–water partition coefficient (Wildman–Crippen LogP) is 3.93. The number of thioether (sulfide) groups is 1. The Kier molecular flexibility index (Phi) is 5.49. The van der Waals surface area contributed by atoms with Gasteiger partial charge in [0, 0.05) is 11.1 Å². The first-order valence-corrected chi connectivity index (χ1v) is 6.59. The lowest BCUT2D eigenvalue weighted by Gasteiger charge is -2.21. The number of rotatable bonds is 4. The summed E-state index contributed by atoms with van der Waals surface area (Å²) in [5.74, 6) is 2.77. The maximum absolute atomic E-state index is 5.76. The number of hydrogen-bond donors (Lipinski definition) is 0. The largest absolute Gasteiger partial charge is 0.158 e. The number of halogens is 1. The molecule has 0 aromatic heterocycles. The summed E-state index contributed by atoms with van der Waals surface area (Å²) in [7, 11) is 0. The Balaban J connectivity index is 2.05. The molecule has 0 N–H and O–H groups in total. The van der Waals surface area contributed by atoms with E-state index in [9.17, 15) is 0 Å². The molecular weight excluding hydrogens is 188 g/mol. The minimum Gasteiger partial charge on any atom is -0.158 e. The van der Waals surface area contributed by atoms with Gasteiger partial charge in [-0.05, 0) is 24.5 Å². The first kappa shape index (κ1) is 10.7. The van der Waals surface area contributed by atoms with Gasteiger partial charge in [-0.1, -0.05) is 26.2 Å². The Morgan fingerprint density at radius 1 is 1.33 bits per heavy atom. The fourth-order valence-electron chi connectivity index (χ4n) is 1.58. The summed E-state index contributed by atoms with van der Waals surface area (Å²) in [5, 5.41) is 0.949. The van der Waals surface area contributed by atoms with Crippen LogP contribution in [0.2, 0.25) is 0 Å². The monoisotopic (exact) mass is 206 g/mol. The highest BCUT2D eigenvalue weighted by Gasteiger charge is 2.14. The Hall–Kier alpha value is 0.640. The molecule has 0 saturated heterocycles. The summed E-state index contributed by atoms with van der Waals surface area (Å²) in [6.07, 6.45) is 7.25. The molecule has 0 aromatic carbocycles. The lowest BCUT2D eigenvalue weighted by molar-refractivity contribution is 0.515. The van der Waals surface area contributed by atoms with Gasteiger partial charge in [0.15, 0.2) is 0 Å². The molecule has 1 aliphatic rings. The van der Waals surface area contributed by atoms with Crippen LogP contribution in [-0.2, 0) is 0 Å². The van der Waals surface area contributed by atoms with Crippen LogP contribution in [0.4, 0.5) is 0 Å². The molecule has 2 heteroatoms. The van der Waals surface area contributed by atoms with Crippen LogP contribution < -0.4 is 0 Å². The molecule has 0 aliphatic heterocycles. The van der Waals surface area contributed by atoms with Crippen LogP contribution in [-0.4, -0.2) is 16.9 Å². The van der Waals surface area contributed by atoms with Crippen molar-refractivity contribution >= 4 is 23.4 Å². The number of hydrogen-bond acceptors (Lipinski definition) is 1. The maximum atomic E-state index is 5.76. The van der Waals surface area contributed by atoms with E-state index >= 15 is 0 Å². The van der Waals surface area contributed by atoms with E-state index in [1.807, 2.05) is 0 Å². The zero-order valence-electron chi connectivity index (χ0n) is 7.89. The summed E-state index contributed by atoms with van der Waals surface area (Å²) in [6, 6.07) is 0. The van der Waals surface area contributed by atoms with E-state index in [0.717, 1.165) is 11.1 Å². The second kappa shape index (κ2) is 6.15. The van der Waals surface area contributed by atoms with Crippen LogP contribution in [0.1, 0.15) is 39.0 Å². The smallest absolute Gasteiger partial charge is 0.0257 e. The van der Waals surface area contributed by atoms with Crippen molar-refractivity contribution < 1.29 is 0 Å². The molecule has 12 heavy (non-hydrogen) atoms. The SMILES string of the molecule is CC(CCl)CSC1CCCCC1. The van der Waals surface area contributed by atoms with Crippen molar-refractivity contribution in [3.05, 3.63) is 0 Å². The molecule has 0 heterocycles. The van der Waals surface area contributed by atoms with Crippen LogP contribution in [0.15, 0.2) is 0 Å². The second-order valence-electron chi connectivity index (χ2n) is 3.85. The van der Waals surface area contributed by atoms with E-state index in [0.29, 0.717) is 5.92 Å². The number of alkyl halides is 1. The first-order valence-electron chi connectivity index (χ1n) is 5.00. The lowest BCUT2D eigenvalue weighted by atomic mass is 10.0. The molecule has 1 unspecified atom stereocenters. The summed E-state index contributed by atoms with van der Waals surface area (Å²) < 4.78 is 0. The Morgan fingerprint density at radius 3 is 2.58 bits per heavy atom. The van der Waals surface area contributed by atoms with Crippen molar-refractivity contribution in [3.8, 4) is 0 Å². The van der Waals surface area contributed by atoms with E-state index in [2.05, 4.69) is 18.7 Å². The zero-order chi connectivity index (χ0) is 8.81. The maximum Gasteiger partial charge on any atom is 0.0257 e. The van der Waals surface area contributed by atoms with Gasteiger partial charge in [0.25, 0.3) is 0 Å². The molecule has 1 rings (SSSR count). The summed E-state index contributed by atoms with van der Waals surface area (Å²) in [5.41, 5.74) is 0. The van der Waals surface area contributed by atoms with E-state index in [-0.39, 0.29) is 0 Å². The third-order valence-electron chi connectivity index (χ3n) is 2.43. The normalized spacial score (nSPS) is 22.5. The third kappa shape index (κ3) is 4.04. The van der Waals surface area contributed by atoms with Crippen LogP contribution in [0, 0.1) is 5.92 Å². The molecule has 1 fully saturated rings. The molecule has 1 aliphatic carbocycles. The highest BCUT2D eigenvalue weighted by atomic mass is 35.5. The molecule has 0 spiro atoms. The fraction of sp³-hybridized carbons (Fsp3) is 1.00. The van der Waals surface area contributed by atoms with E-state index in [1.165, 1.54) is 37.9 Å². The van der Waals surface area contributed by atoms with Crippen molar-refractivity contribution in [2.24, 2.45) is 5.92 Å². The predicted molar refractivity (Wildman–Crippen MR) is 59.2 cm³/mol. The van der Waals surface area contributed by atoms with Gasteiger partial charge in [0.2, 0.25) is 0 Å². The second-order valence-corrected chi connectivity index (χ2v) is 5.49. The van der Waals surface area contributed by atoms with E-state index in [1.54, 1.807) is 0 Å².